The molecule has 112 valence electrons. The number of rotatable bonds is 7. The normalized spacial score (nSPS) is 10.6. The summed E-state index contributed by atoms with van der Waals surface area (Å²) in [5.41, 5.74) is 2.03. The molecule has 0 radical (unpaired) electrons. The second-order valence-corrected chi connectivity index (χ2v) is 5.47. The molecule has 1 aromatic heterocycles. The quantitative estimate of drug-likeness (QED) is 0.776. The first kappa shape index (κ1) is 15.9. The molecule has 2 aromatic rings. The van der Waals surface area contributed by atoms with Gasteiger partial charge in [-0.2, -0.15) is 0 Å². The number of methoxy groups -OCH3 is 1. The molecule has 1 heterocycles. The first-order valence-corrected chi connectivity index (χ1v) is 7.43. The van der Waals surface area contributed by atoms with Gasteiger partial charge in [-0.25, -0.2) is 9.97 Å². The highest BCUT2D eigenvalue weighted by molar-refractivity contribution is 9.10. The average molecular weight is 352 g/mol. The van der Waals surface area contributed by atoms with Crippen LogP contribution < -0.4 is 10.1 Å². The van der Waals surface area contributed by atoms with Crippen LogP contribution in [-0.4, -0.2) is 30.2 Å². The summed E-state index contributed by atoms with van der Waals surface area (Å²) in [5.74, 6) is 0.754. The van der Waals surface area contributed by atoms with E-state index in [1.54, 1.807) is 19.5 Å². The number of benzene rings is 1. The Balaban J connectivity index is 1.92. The lowest BCUT2D eigenvalue weighted by Crippen LogP contribution is -2.18. The van der Waals surface area contributed by atoms with E-state index < -0.39 is 0 Å². The van der Waals surface area contributed by atoms with E-state index in [1.165, 1.54) is 0 Å². The van der Waals surface area contributed by atoms with Crippen molar-refractivity contribution in [3.05, 3.63) is 46.2 Å². The predicted molar refractivity (Wildman–Crippen MR) is 84.6 cm³/mol. The Morgan fingerprint density at radius 1 is 1.24 bits per heavy atom. The predicted octanol–water partition coefficient (Wildman–Crippen LogP) is 3.08. The number of halogens is 1. The van der Waals surface area contributed by atoms with Crippen LogP contribution in [0, 0.1) is 6.92 Å². The molecular weight excluding hydrogens is 334 g/mol. The number of aryl methyl sites for hydroxylation is 1. The first-order valence-electron chi connectivity index (χ1n) is 6.63. The zero-order valence-corrected chi connectivity index (χ0v) is 13.7. The fourth-order valence-electron chi connectivity index (χ4n) is 1.72. The topological polar surface area (TPSA) is 56.3 Å². The summed E-state index contributed by atoms with van der Waals surface area (Å²) in [6.07, 6.45) is 3.52. The Labute approximate surface area is 132 Å². The standard InChI is InChI=1S/C15H18BrN3O2/c1-11-7-13(16)3-4-14(11)21-15-18-9-12(10-19-15)8-17-5-6-20-2/h3-4,7,9-10,17H,5-6,8H2,1-2H3. The van der Waals surface area contributed by atoms with Crippen molar-refractivity contribution in [2.75, 3.05) is 20.3 Å². The molecule has 0 bridgehead atoms. The van der Waals surface area contributed by atoms with Gasteiger partial charge in [0.2, 0.25) is 0 Å². The molecule has 5 nitrogen and oxygen atoms in total. The summed E-state index contributed by atoms with van der Waals surface area (Å²) < 4.78 is 11.7. The summed E-state index contributed by atoms with van der Waals surface area (Å²) in [7, 11) is 1.68. The van der Waals surface area contributed by atoms with Crippen molar-refractivity contribution in [1.29, 1.82) is 0 Å². The Bertz CT molecular complexity index is 576. The van der Waals surface area contributed by atoms with Crippen LogP contribution in [0.25, 0.3) is 0 Å². The highest BCUT2D eigenvalue weighted by Crippen LogP contribution is 2.25. The molecule has 21 heavy (non-hydrogen) atoms. The molecule has 0 atom stereocenters. The molecule has 0 aliphatic heterocycles. The monoisotopic (exact) mass is 351 g/mol. The van der Waals surface area contributed by atoms with Crippen LogP contribution >= 0.6 is 15.9 Å². The largest absolute Gasteiger partial charge is 0.424 e. The first-order chi connectivity index (χ1) is 10.2. The number of hydrogen-bond donors (Lipinski definition) is 1. The Morgan fingerprint density at radius 2 is 2.00 bits per heavy atom. The maximum absolute atomic E-state index is 5.68. The summed E-state index contributed by atoms with van der Waals surface area (Å²) in [5, 5.41) is 3.24. The third-order valence-electron chi connectivity index (χ3n) is 2.83. The molecule has 0 aliphatic rings. The molecule has 1 N–H and O–H groups in total. The van der Waals surface area contributed by atoms with E-state index in [9.17, 15) is 0 Å². The second-order valence-electron chi connectivity index (χ2n) is 4.56. The van der Waals surface area contributed by atoms with E-state index in [-0.39, 0.29) is 0 Å². The Morgan fingerprint density at radius 3 is 2.67 bits per heavy atom. The minimum atomic E-state index is 0.348. The molecule has 0 aliphatic carbocycles. The number of nitrogens with one attached hydrogen (secondary N) is 1. The number of hydrogen-bond acceptors (Lipinski definition) is 5. The van der Waals surface area contributed by atoms with E-state index in [0.717, 1.165) is 27.9 Å². The Kier molecular flexibility index (Phi) is 6.10. The minimum Gasteiger partial charge on any atom is -0.424 e. The third-order valence-corrected chi connectivity index (χ3v) is 3.33. The minimum absolute atomic E-state index is 0.348. The lowest BCUT2D eigenvalue weighted by molar-refractivity contribution is 0.199. The van der Waals surface area contributed by atoms with Crippen molar-refractivity contribution < 1.29 is 9.47 Å². The van der Waals surface area contributed by atoms with Gasteiger partial charge in [-0.1, -0.05) is 15.9 Å². The molecule has 0 saturated heterocycles. The van der Waals surface area contributed by atoms with Gasteiger partial charge < -0.3 is 14.8 Å². The molecule has 2 rings (SSSR count). The zero-order valence-electron chi connectivity index (χ0n) is 12.1. The van der Waals surface area contributed by atoms with E-state index >= 15 is 0 Å². The van der Waals surface area contributed by atoms with E-state index in [2.05, 4.69) is 31.2 Å². The lowest BCUT2D eigenvalue weighted by Gasteiger charge is -2.08. The van der Waals surface area contributed by atoms with Crippen LogP contribution in [0.2, 0.25) is 0 Å². The van der Waals surface area contributed by atoms with Crippen molar-refractivity contribution in [3.63, 3.8) is 0 Å². The third kappa shape index (κ3) is 5.08. The fourth-order valence-corrected chi connectivity index (χ4v) is 2.20. The van der Waals surface area contributed by atoms with Gasteiger partial charge >= 0.3 is 6.01 Å². The second kappa shape index (κ2) is 8.07. The van der Waals surface area contributed by atoms with Crippen molar-refractivity contribution in [1.82, 2.24) is 15.3 Å². The maximum Gasteiger partial charge on any atom is 0.321 e. The number of aromatic nitrogens is 2. The van der Waals surface area contributed by atoms with Gasteiger partial charge in [0.15, 0.2) is 0 Å². The van der Waals surface area contributed by atoms with Crippen LogP contribution in [-0.2, 0) is 11.3 Å². The van der Waals surface area contributed by atoms with Gasteiger partial charge in [0, 0.05) is 42.6 Å². The summed E-state index contributed by atoms with van der Waals surface area (Å²) >= 11 is 3.42. The van der Waals surface area contributed by atoms with Crippen LogP contribution in [0.4, 0.5) is 0 Å². The number of ether oxygens (including phenoxy) is 2. The van der Waals surface area contributed by atoms with Gasteiger partial charge in [-0.3, -0.25) is 0 Å². The van der Waals surface area contributed by atoms with Crippen molar-refractivity contribution in [2.45, 2.75) is 13.5 Å². The summed E-state index contributed by atoms with van der Waals surface area (Å²) in [4.78, 5) is 8.44. The maximum atomic E-state index is 5.68. The SMILES string of the molecule is COCCNCc1cnc(Oc2ccc(Br)cc2C)nc1. The van der Waals surface area contributed by atoms with Crippen molar-refractivity contribution in [2.24, 2.45) is 0 Å². The van der Waals surface area contributed by atoms with Gasteiger partial charge in [-0.05, 0) is 30.7 Å². The number of nitrogens with zero attached hydrogens (tertiary/aromatic N) is 2. The highest BCUT2D eigenvalue weighted by Gasteiger charge is 2.04. The van der Waals surface area contributed by atoms with E-state index in [4.69, 9.17) is 9.47 Å². The highest BCUT2D eigenvalue weighted by atomic mass is 79.9. The van der Waals surface area contributed by atoms with Crippen LogP contribution in [0.5, 0.6) is 11.8 Å². The van der Waals surface area contributed by atoms with Crippen molar-refractivity contribution in [3.8, 4) is 11.8 Å². The molecule has 0 fully saturated rings. The van der Waals surface area contributed by atoms with Crippen molar-refractivity contribution >= 4 is 15.9 Å². The molecule has 0 saturated carbocycles. The van der Waals surface area contributed by atoms with E-state index in [0.29, 0.717) is 19.2 Å². The van der Waals surface area contributed by atoms with Crippen LogP contribution in [0.1, 0.15) is 11.1 Å². The molecule has 6 heteroatoms. The van der Waals surface area contributed by atoms with Gasteiger partial charge in [0.05, 0.1) is 6.61 Å². The van der Waals surface area contributed by atoms with E-state index in [1.807, 2.05) is 25.1 Å². The summed E-state index contributed by atoms with van der Waals surface area (Å²) in [6.45, 7) is 4.17. The lowest BCUT2D eigenvalue weighted by atomic mass is 10.2. The molecule has 0 unspecified atom stereocenters. The smallest absolute Gasteiger partial charge is 0.321 e. The fraction of sp³-hybridized carbons (Fsp3) is 0.333. The van der Waals surface area contributed by atoms with Crippen LogP contribution in [0.3, 0.4) is 0 Å². The molecule has 0 spiro atoms. The molecule has 1 aromatic carbocycles. The Hall–Kier alpha value is -1.50. The van der Waals surface area contributed by atoms with Gasteiger partial charge in [-0.15, -0.1) is 0 Å². The van der Waals surface area contributed by atoms with Crippen LogP contribution in [0.15, 0.2) is 35.1 Å². The van der Waals surface area contributed by atoms with Gasteiger partial charge in [0.25, 0.3) is 0 Å². The van der Waals surface area contributed by atoms with Gasteiger partial charge in [0.1, 0.15) is 5.75 Å². The molecule has 0 amide bonds. The zero-order chi connectivity index (χ0) is 15.1. The average Bonchev–Trinajstić information content (AvgIpc) is 2.48. The molecular formula is C15H18BrN3O2. The summed E-state index contributed by atoms with van der Waals surface area (Å²) in [6, 6.07) is 6.16.